The summed E-state index contributed by atoms with van der Waals surface area (Å²) in [7, 11) is -2.17. The molecular weight excluding hydrogens is 467 g/mol. The normalized spacial score (nSPS) is 12.5. The zero-order valence-corrected chi connectivity index (χ0v) is 18.4. The van der Waals surface area contributed by atoms with Gasteiger partial charge >= 0.3 is 5.97 Å². The van der Waals surface area contributed by atoms with Crippen LogP contribution in [0, 0.1) is 0 Å². The highest BCUT2D eigenvalue weighted by Gasteiger charge is 2.17. The maximum atomic E-state index is 12.5. The third kappa shape index (κ3) is 4.31. The average molecular weight is 479 g/mol. The summed E-state index contributed by atoms with van der Waals surface area (Å²) in [5.74, 6) is -1.17. The highest BCUT2D eigenvalue weighted by atomic mass is 35.5. The molecule has 28 heavy (non-hydrogen) atoms. The van der Waals surface area contributed by atoms with Gasteiger partial charge in [0.2, 0.25) is 0 Å². The first-order valence-corrected chi connectivity index (χ1v) is 11.8. The number of thiophene rings is 1. The highest BCUT2D eigenvalue weighted by Crippen LogP contribution is 2.31. The molecule has 148 valence electrons. The molecule has 0 radical (unpaired) electrons. The number of benzene rings is 1. The number of hydrogen-bond acceptors (Lipinski definition) is 7. The van der Waals surface area contributed by atoms with Crippen LogP contribution < -0.4 is 4.80 Å². The number of methoxy groups -OCH3 is 1. The minimum atomic E-state index is -3.42. The fourth-order valence-corrected chi connectivity index (χ4v) is 5.59. The number of sulfone groups is 1. The molecule has 0 aliphatic carbocycles. The first-order chi connectivity index (χ1) is 13.1. The van der Waals surface area contributed by atoms with E-state index >= 15 is 0 Å². The topological polar surface area (TPSA) is 94.8 Å². The number of rotatable bonds is 4. The lowest BCUT2D eigenvalue weighted by Gasteiger charge is -2.04. The largest absolute Gasteiger partial charge is 0.468 e. The Hall–Kier alpha value is -1.72. The lowest BCUT2D eigenvalue weighted by atomic mass is 10.3. The quantitative estimate of drug-likeness (QED) is 0.535. The van der Waals surface area contributed by atoms with Gasteiger partial charge < -0.3 is 9.30 Å². The summed E-state index contributed by atoms with van der Waals surface area (Å²) in [6, 6.07) is 5.88. The smallest absolute Gasteiger partial charge is 0.325 e. The molecule has 12 heteroatoms. The van der Waals surface area contributed by atoms with Crippen LogP contribution >= 0.6 is 45.9 Å². The molecule has 0 atom stereocenters. The number of carbonyl (C=O) groups excluding carboxylic acids is 2. The number of ether oxygens (including phenoxy) is 1. The molecule has 1 amide bonds. The van der Waals surface area contributed by atoms with Gasteiger partial charge in [-0.3, -0.25) is 9.59 Å². The number of esters is 1. The molecule has 0 unspecified atom stereocenters. The van der Waals surface area contributed by atoms with Crippen LogP contribution in [-0.4, -0.2) is 38.2 Å². The van der Waals surface area contributed by atoms with Crippen molar-refractivity contribution in [2.24, 2.45) is 4.99 Å². The molecular formula is C16H12Cl2N2O5S3. The van der Waals surface area contributed by atoms with Gasteiger partial charge in [-0.1, -0.05) is 34.5 Å². The van der Waals surface area contributed by atoms with E-state index in [0.717, 1.165) is 28.9 Å². The molecule has 2 aromatic heterocycles. The predicted octanol–water partition coefficient (Wildman–Crippen LogP) is 3.39. The summed E-state index contributed by atoms with van der Waals surface area (Å²) < 4.78 is 30.9. The summed E-state index contributed by atoms with van der Waals surface area (Å²) in [6.07, 6.45) is 1.10. The van der Waals surface area contributed by atoms with E-state index in [1.165, 1.54) is 29.9 Å². The molecule has 2 heterocycles. The van der Waals surface area contributed by atoms with Crippen LogP contribution in [0.3, 0.4) is 0 Å². The average Bonchev–Trinajstić information content (AvgIpc) is 3.13. The standard InChI is InChI=1S/C16H12Cl2N2O5S3/c1-25-13(21)7-20-10-4-3-8(28(2,23)24)5-11(10)26-16(20)19-15(22)9-6-12(17)27-14(9)18/h3-6H,7H2,1-2H3. The van der Waals surface area contributed by atoms with Crippen molar-refractivity contribution < 1.29 is 22.7 Å². The number of amides is 1. The number of hydrogen-bond donors (Lipinski definition) is 0. The first-order valence-electron chi connectivity index (χ1n) is 7.54. The van der Waals surface area contributed by atoms with Gasteiger partial charge in [0.25, 0.3) is 5.91 Å². The van der Waals surface area contributed by atoms with Crippen molar-refractivity contribution in [1.29, 1.82) is 0 Å². The molecule has 0 bridgehead atoms. The molecule has 0 aliphatic heterocycles. The van der Waals surface area contributed by atoms with E-state index in [2.05, 4.69) is 4.99 Å². The Morgan fingerprint density at radius 3 is 2.50 bits per heavy atom. The van der Waals surface area contributed by atoms with Gasteiger partial charge in [-0.15, -0.1) is 11.3 Å². The molecule has 0 N–H and O–H groups in total. The Balaban J connectivity index is 2.21. The zero-order chi connectivity index (χ0) is 20.6. The lowest BCUT2D eigenvalue weighted by molar-refractivity contribution is -0.141. The van der Waals surface area contributed by atoms with E-state index in [9.17, 15) is 18.0 Å². The maximum absolute atomic E-state index is 12.5. The Labute approximate surface area is 177 Å². The van der Waals surface area contributed by atoms with Crippen LogP contribution in [-0.2, 0) is 25.9 Å². The number of fused-ring (bicyclic) bond motifs is 1. The van der Waals surface area contributed by atoms with E-state index in [1.54, 1.807) is 6.07 Å². The van der Waals surface area contributed by atoms with E-state index in [1.807, 2.05) is 0 Å². The van der Waals surface area contributed by atoms with Gasteiger partial charge in [0, 0.05) is 6.26 Å². The second kappa shape index (κ2) is 7.96. The molecule has 0 saturated heterocycles. The fraction of sp³-hybridized carbons (Fsp3) is 0.188. The Bertz CT molecular complexity index is 1270. The molecule has 3 rings (SSSR count). The van der Waals surface area contributed by atoms with E-state index in [-0.39, 0.29) is 26.1 Å². The van der Waals surface area contributed by atoms with Crippen LogP contribution in [0.25, 0.3) is 10.2 Å². The summed E-state index contributed by atoms with van der Waals surface area (Å²) in [5.41, 5.74) is 0.694. The summed E-state index contributed by atoms with van der Waals surface area (Å²) in [5, 5.41) is 0. The third-order valence-electron chi connectivity index (χ3n) is 3.68. The number of carbonyl (C=O) groups is 2. The molecule has 0 spiro atoms. The number of thiazole rings is 1. The molecule has 1 aromatic carbocycles. The van der Waals surface area contributed by atoms with E-state index in [4.69, 9.17) is 27.9 Å². The van der Waals surface area contributed by atoms with Crippen molar-refractivity contribution in [2.75, 3.05) is 13.4 Å². The third-order valence-corrected chi connectivity index (χ3v) is 7.32. The Morgan fingerprint density at radius 2 is 1.93 bits per heavy atom. The van der Waals surface area contributed by atoms with Crippen molar-refractivity contribution >= 4 is 77.8 Å². The maximum Gasteiger partial charge on any atom is 0.325 e. The Kier molecular flexibility index (Phi) is 5.97. The van der Waals surface area contributed by atoms with Crippen LogP contribution in [0.5, 0.6) is 0 Å². The van der Waals surface area contributed by atoms with Crippen LogP contribution in [0.2, 0.25) is 8.67 Å². The van der Waals surface area contributed by atoms with Crippen LogP contribution in [0.4, 0.5) is 0 Å². The zero-order valence-electron chi connectivity index (χ0n) is 14.4. The van der Waals surface area contributed by atoms with Gasteiger partial charge in [0.1, 0.15) is 10.9 Å². The minimum absolute atomic E-state index is 0.122. The fourth-order valence-electron chi connectivity index (χ4n) is 2.35. The number of halogens is 2. The predicted molar refractivity (Wildman–Crippen MR) is 109 cm³/mol. The first kappa shape index (κ1) is 21.0. The highest BCUT2D eigenvalue weighted by molar-refractivity contribution is 7.90. The van der Waals surface area contributed by atoms with Gasteiger partial charge in [-0.05, 0) is 24.3 Å². The SMILES string of the molecule is COC(=O)Cn1c(=NC(=O)c2cc(Cl)sc2Cl)sc2cc(S(C)(=O)=O)ccc21. The molecule has 0 aliphatic rings. The van der Waals surface area contributed by atoms with Crippen molar-refractivity contribution in [2.45, 2.75) is 11.4 Å². The summed E-state index contributed by atoms with van der Waals surface area (Å²) >= 11 is 14.0. The van der Waals surface area contributed by atoms with Gasteiger partial charge in [-0.25, -0.2) is 8.42 Å². The van der Waals surface area contributed by atoms with Gasteiger partial charge in [0.05, 0.1) is 32.1 Å². The van der Waals surface area contributed by atoms with Gasteiger partial charge in [0.15, 0.2) is 14.6 Å². The second-order valence-electron chi connectivity index (χ2n) is 5.60. The van der Waals surface area contributed by atoms with Crippen molar-refractivity contribution in [3.63, 3.8) is 0 Å². The van der Waals surface area contributed by atoms with E-state index in [0.29, 0.717) is 14.6 Å². The lowest BCUT2D eigenvalue weighted by Crippen LogP contribution is -2.22. The summed E-state index contributed by atoms with van der Waals surface area (Å²) in [6.45, 7) is -0.195. The van der Waals surface area contributed by atoms with Crippen molar-refractivity contribution in [1.82, 2.24) is 4.57 Å². The second-order valence-corrected chi connectivity index (χ2v) is 10.9. The monoisotopic (exact) mass is 478 g/mol. The molecule has 3 aromatic rings. The van der Waals surface area contributed by atoms with Crippen molar-refractivity contribution in [3.8, 4) is 0 Å². The molecule has 0 saturated carbocycles. The van der Waals surface area contributed by atoms with Crippen LogP contribution in [0.15, 0.2) is 34.2 Å². The Morgan fingerprint density at radius 1 is 1.21 bits per heavy atom. The minimum Gasteiger partial charge on any atom is -0.468 e. The number of nitrogens with zero attached hydrogens (tertiary/aromatic N) is 2. The van der Waals surface area contributed by atoms with Crippen molar-refractivity contribution in [3.05, 3.63) is 43.3 Å². The van der Waals surface area contributed by atoms with Gasteiger partial charge in [-0.2, -0.15) is 4.99 Å². The molecule has 7 nitrogen and oxygen atoms in total. The van der Waals surface area contributed by atoms with E-state index < -0.39 is 21.7 Å². The molecule has 0 fully saturated rings. The summed E-state index contributed by atoms with van der Waals surface area (Å²) in [4.78, 5) is 28.7. The number of aromatic nitrogens is 1. The van der Waals surface area contributed by atoms with Crippen LogP contribution in [0.1, 0.15) is 10.4 Å².